The van der Waals surface area contributed by atoms with Gasteiger partial charge in [-0.1, -0.05) is 18.2 Å². The van der Waals surface area contributed by atoms with Gasteiger partial charge in [-0.2, -0.15) is 0 Å². The van der Waals surface area contributed by atoms with Gasteiger partial charge in [0.1, 0.15) is 5.82 Å². The molecule has 0 bridgehead atoms. The lowest BCUT2D eigenvalue weighted by Gasteiger charge is -2.36. The van der Waals surface area contributed by atoms with Crippen LogP contribution >= 0.6 is 0 Å². The van der Waals surface area contributed by atoms with E-state index in [2.05, 4.69) is 46.1 Å². The number of hydrogen-bond acceptors (Lipinski definition) is 4. The predicted molar refractivity (Wildman–Crippen MR) is 78.8 cm³/mol. The maximum absolute atomic E-state index is 5.68. The van der Waals surface area contributed by atoms with Crippen molar-refractivity contribution >= 4 is 17.2 Å². The first-order chi connectivity index (χ1) is 9.29. The summed E-state index contributed by atoms with van der Waals surface area (Å²) in [6.45, 7) is 2.41. The summed E-state index contributed by atoms with van der Waals surface area (Å²) in [5.41, 5.74) is 9.05. The van der Waals surface area contributed by atoms with Crippen LogP contribution in [-0.4, -0.2) is 25.1 Å². The number of hydrogen-bond donors (Lipinski definition) is 1. The Kier molecular flexibility index (Phi) is 3.09. The van der Waals surface area contributed by atoms with E-state index in [-0.39, 0.29) is 0 Å². The normalized spacial score (nSPS) is 14.4. The van der Waals surface area contributed by atoms with Gasteiger partial charge in [0, 0.05) is 26.7 Å². The summed E-state index contributed by atoms with van der Waals surface area (Å²) in [6, 6.07) is 14.5. The number of nitrogens with zero attached hydrogens (tertiary/aromatic N) is 3. The molecule has 0 aliphatic carbocycles. The maximum Gasteiger partial charge on any atom is 0.133 e. The average molecular weight is 254 g/mol. The Hall–Kier alpha value is -2.07. The second kappa shape index (κ2) is 4.90. The molecular weight excluding hydrogens is 236 g/mol. The van der Waals surface area contributed by atoms with Crippen molar-refractivity contribution in [1.82, 2.24) is 4.98 Å². The number of pyridine rings is 1. The van der Waals surface area contributed by atoms with E-state index >= 15 is 0 Å². The van der Waals surface area contributed by atoms with Crippen molar-refractivity contribution in [3.8, 4) is 0 Å². The first-order valence-electron chi connectivity index (χ1n) is 6.53. The zero-order valence-corrected chi connectivity index (χ0v) is 11.1. The molecule has 4 nitrogen and oxygen atoms in total. The standard InChI is InChI=1S/C15H18N4/c1-18-9-10-19(14-7-3-2-6-13(14)18)15-8-4-5-12(11-16)17-15/h2-8H,9-11,16H2,1H3. The fraction of sp³-hybridized carbons (Fsp3) is 0.267. The molecule has 0 radical (unpaired) electrons. The van der Waals surface area contributed by atoms with Crippen LogP contribution in [0.25, 0.3) is 0 Å². The van der Waals surface area contributed by atoms with Crippen LogP contribution in [0.2, 0.25) is 0 Å². The van der Waals surface area contributed by atoms with Crippen molar-refractivity contribution in [2.75, 3.05) is 29.9 Å². The van der Waals surface area contributed by atoms with Gasteiger partial charge in [-0.15, -0.1) is 0 Å². The summed E-state index contributed by atoms with van der Waals surface area (Å²) in [7, 11) is 2.12. The number of benzene rings is 1. The molecule has 0 atom stereocenters. The third-order valence-electron chi connectivity index (χ3n) is 3.52. The lowest BCUT2D eigenvalue weighted by molar-refractivity contribution is 0.809. The molecule has 4 heteroatoms. The fourth-order valence-electron chi connectivity index (χ4n) is 2.47. The molecule has 1 aliphatic heterocycles. The minimum Gasteiger partial charge on any atom is -0.371 e. The van der Waals surface area contributed by atoms with Crippen molar-refractivity contribution in [3.05, 3.63) is 48.2 Å². The van der Waals surface area contributed by atoms with Gasteiger partial charge >= 0.3 is 0 Å². The number of likely N-dealkylation sites (N-methyl/N-ethyl adjacent to an activating group) is 1. The molecule has 3 rings (SSSR count). The number of aromatic nitrogens is 1. The largest absolute Gasteiger partial charge is 0.371 e. The van der Waals surface area contributed by atoms with Crippen molar-refractivity contribution in [2.45, 2.75) is 6.54 Å². The van der Waals surface area contributed by atoms with Gasteiger partial charge in [-0.05, 0) is 24.3 Å². The Morgan fingerprint density at radius 1 is 1.05 bits per heavy atom. The van der Waals surface area contributed by atoms with E-state index in [9.17, 15) is 0 Å². The highest BCUT2D eigenvalue weighted by molar-refractivity contribution is 5.78. The van der Waals surface area contributed by atoms with Crippen molar-refractivity contribution in [3.63, 3.8) is 0 Å². The smallest absolute Gasteiger partial charge is 0.133 e. The molecule has 0 unspecified atom stereocenters. The van der Waals surface area contributed by atoms with Crippen LogP contribution in [0.5, 0.6) is 0 Å². The van der Waals surface area contributed by atoms with Crippen LogP contribution in [0.1, 0.15) is 5.69 Å². The number of anilines is 3. The highest BCUT2D eigenvalue weighted by Gasteiger charge is 2.21. The Balaban J connectivity index is 2.04. The summed E-state index contributed by atoms with van der Waals surface area (Å²) >= 11 is 0. The van der Waals surface area contributed by atoms with Crippen LogP contribution in [-0.2, 0) is 6.54 Å². The summed E-state index contributed by atoms with van der Waals surface area (Å²) < 4.78 is 0. The highest BCUT2D eigenvalue weighted by atomic mass is 15.3. The van der Waals surface area contributed by atoms with E-state index in [1.807, 2.05) is 18.2 Å². The molecule has 1 aromatic carbocycles. The number of para-hydroxylation sites is 2. The lowest BCUT2D eigenvalue weighted by Crippen LogP contribution is -2.36. The van der Waals surface area contributed by atoms with E-state index in [0.29, 0.717) is 6.54 Å². The first kappa shape index (κ1) is 12.0. The fourth-order valence-corrected chi connectivity index (χ4v) is 2.47. The van der Waals surface area contributed by atoms with E-state index in [1.165, 1.54) is 11.4 Å². The van der Waals surface area contributed by atoms with Crippen LogP contribution in [0.4, 0.5) is 17.2 Å². The Morgan fingerprint density at radius 2 is 1.84 bits per heavy atom. The van der Waals surface area contributed by atoms with Gasteiger partial charge < -0.3 is 15.5 Å². The van der Waals surface area contributed by atoms with Gasteiger partial charge in [0.2, 0.25) is 0 Å². The third kappa shape index (κ3) is 2.15. The molecule has 0 saturated heterocycles. The third-order valence-corrected chi connectivity index (χ3v) is 3.52. The van der Waals surface area contributed by atoms with Crippen LogP contribution < -0.4 is 15.5 Å². The van der Waals surface area contributed by atoms with E-state index in [0.717, 1.165) is 24.6 Å². The van der Waals surface area contributed by atoms with Gasteiger partial charge in [0.15, 0.2) is 0 Å². The molecule has 0 saturated carbocycles. The summed E-state index contributed by atoms with van der Waals surface area (Å²) in [5.74, 6) is 0.975. The van der Waals surface area contributed by atoms with Gasteiger partial charge in [0.05, 0.1) is 17.1 Å². The second-order valence-electron chi connectivity index (χ2n) is 4.75. The molecule has 0 fully saturated rings. The molecule has 1 aliphatic rings. The summed E-state index contributed by atoms with van der Waals surface area (Å²) in [4.78, 5) is 9.16. The SMILES string of the molecule is CN1CCN(c2cccc(CN)n2)c2ccccc21. The molecule has 1 aromatic heterocycles. The Bertz CT molecular complexity index is 582. The predicted octanol–water partition coefficient (Wildman–Crippen LogP) is 2.13. The molecule has 2 aromatic rings. The number of nitrogens with two attached hydrogens (primary N) is 1. The molecule has 2 N–H and O–H groups in total. The minimum atomic E-state index is 0.475. The first-order valence-corrected chi connectivity index (χ1v) is 6.53. The van der Waals surface area contributed by atoms with Gasteiger partial charge in [0.25, 0.3) is 0 Å². The van der Waals surface area contributed by atoms with Crippen LogP contribution in [0.15, 0.2) is 42.5 Å². The monoisotopic (exact) mass is 254 g/mol. The molecule has 0 spiro atoms. The van der Waals surface area contributed by atoms with Crippen LogP contribution in [0, 0.1) is 0 Å². The number of rotatable bonds is 2. The van der Waals surface area contributed by atoms with Gasteiger partial charge in [-0.25, -0.2) is 4.98 Å². The lowest BCUT2D eigenvalue weighted by atomic mass is 10.1. The van der Waals surface area contributed by atoms with Gasteiger partial charge in [-0.3, -0.25) is 0 Å². The Morgan fingerprint density at radius 3 is 2.63 bits per heavy atom. The highest BCUT2D eigenvalue weighted by Crippen LogP contribution is 2.35. The zero-order valence-electron chi connectivity index (χ0n) is 11.1. The summed E-state index contributed by atoms with van der Waals surface area (Å²) in [5, 5.41) is 0. The molecule has 0 amide bonds. The van der Waals surface area contributed by atoms with Crippen LogP contribution in [0.3, 0.4) is 0 Å². The molecule has 98 valence electrons. The molecule has 2 heterocycles. The van der Waals surface area contributed by atoms with E-state index in [4.69, 9.17) is 5.73 Å². The molecule has 19 heavy (non-hydrogen) atoms. The molecular formula is C15H18N4. The van der Waals surface area contributed by atoms with E-state index in [1.54, 1.807) is 0 Å². The maximum atomic E-state index is 5.68. The number of fused-ring (bicyclic) bond motifs is 1. The van der Waals surface area contributed by atoms with Crippen molar-refractivity contribution < 1.29 is 0 Å². The Labute approximate surface area is 113 Å². The zero-order chi connectivity index (χ0) is 13.2. The van der Waals surface area contributed by atoms with Crippen molar-refractivity contribution in [1.29, 1.82) is 0 Å². The second-order valence-corrected chi connectivity index (χ2v) is 4.75. The van der Waals surface area contributed by atoms with Crippen molar-refractivity contribution in [2.24, 2.45) is 5.73 Å². The quantitative estimate of drug-likeness (QED) is 0.891. The summed E-state index contributed by atoms with van der Waals surface area (Å²) in [6.07, 6.45) is 0. The topological polar surface area (TPSA) is 45.4 Å². The minimum absolute atomic E-state index is 0.475. The van der Waals surface area contributed by atoms with E-state index < -0.39 is 0 Å². The average Bonchev–Trinajstić information content (AvgIpc) is 2.48.